The summed E-state index contributed by atoms with van der Waals surface area (Å²) < 4.78 is 26.7. The number of nitrogen functional groups attached to an aromatic ring is 1. The Hall–Kier alpha value is -2.54. The Bertz CT molecular complexity index is 773. The van der Waals surface area contributed by atoms with Crippen LogP contribution in [-0.4, -0.2) is 14.3 Å². The van der Waals surface area contributed by atoms with Gasteiger partial charge in [0.1, 0.15) is 0 Å². The van der Waals surface area contributed by atoms with Gasteiger partial charge in [-0.15, -0.1) is 0 Å². The first-order valence-electron chi connectivity index (χ1n) is 6.11. The van der Waals surface area contributed by atoms with E-state index in [0.717, 1.165) is 0 Å². The van der Waals surface area contributed by atoms with Crippen LogP contribution in [0.25, 0.3) is 0 Å². The number of benzene rings is 2. The quantitative estimate of drug-likeness (QED) is 0.722. The Morgan fingerprint density at radius 3 is 2.48 bits per heavy atom. The fourth-order valence-corrected chi connectivity index (χ4v) is 3.10. The maximum atomic E-state index is 12.2. The lowest BCUT2D eigenvalue weighted by Gasteiger charge is -2.11. The Kier molecular flexibility index (Phi) is 4.13. The molecule has 0 aliphatic carbocycles. The van der Waals surface area contributed by atoms with Crippen molar-refractivity contribution in [3.63, 3.8) is 0 Å². The molecule has 21 heavy (non-hydrogen) atoms. The molecule has 0 radical (unpaired) electrons. The Morgan fingerprint density at radius 2 is 1.81 bits per heavy atom. The summed E-state index contributed by atoms with van der Waals surface area (Å²) in [6.45, 7) is 0. The molecule has 2 aromatic rings. The number of hydrogen-bond donors (Lipinski definition) is 3. The van der Waals surface area contributed by atoms with E-state index in [4.69, 9.17) is 11.5 Å². The highest BCUT2D eigenvalue weighted by Gasteiger charge is 2.15. The van der Waals surface area contributed by atoms with E-state index in [2.05, 4.69) is 4.72 Å². The van der Waals surface area contributed by atoms with Crippen LogP contribution in [0.15, 0.2) is 48.5 Å². The van der Waals surface area contributed by atoms with Crippen molar-refractivity contribution in [1.82, 2.24) is 0 Å². The van der Waals surface area contributed by atoms with E-state index in [1.165, 1.54) is 12.1 Å². The van der Waals surface area contributed by atoms with E-state index >= 15 is 0 Å². The molecule has 0 heterocycles. The van der Waals surface area contributed by atoms with Crippen LogP contribution in [0.1, 0.15) is 15.9 Å². The third kappa shape index (κ3) is 3.96. The zero-order valence-electron chi connectivity index (χ0n) is 11.1. The van der Waals surface area contributed by atoms with Gasteiger partial charge in [0.15, 0.2) is 0 Å². The van der Waals surface area contributed by atoms with Crippen molar-refractivity contribution in [1.29, 1.82) is 0 Å². The first kappa shape index (κ1) is 14.9. The van der Waals surface area contributed by atoms with Gasteiger partial charge < -0.3 is 11.5 Å². The van der Waals surface area contributed by atoms with Gasteiger partial charge >= 0.3 is 0 Å². The summed E-state index contributed by atoms with van der Waals surface area (Å²) >= 11 is 0. The Morgan fingerprint density at radius 1 is 1.10 bits per heavy atom. The maximum absolute atomic E-state index is 12.2. The van der Waals surface area contributed by atoms with Gasteiger partial charge in [-0.25, -0.2) is 8.42 Å². The third-order valence-electron chi connectivity index (χ3n) is 2.77. The highest BCUT2D eigenvalue weighted by Crippen LogP contribution is 2.18. The summed E-state index contributed by atoms with van der Waals surface area (Å²) in [5, 5.41) is 0. The van der Waals surface area contributed by atoms with Crippen LogP contribution in [0, 0.1) is 0 Å². The lowest BCUT2D eigenvalue weighted by molar-refractivity contribution is 0.100. The molecule has 7 heteroatoms. The molecular weight excluding hydrogens is 290 g/mol. The number of para-hydroxylation sites is 1. The molecule has 0 atom stereocenters. The summed E-state index contributed by atoms with van der Waals surface area (Å²) in [6, 6.07) is 12.8. The largest absolute Gasteiger partial charge is 0.399 e. The predicted molar refractivity (Wildman–Crippen MR) is 82.1 cm³/mol. The monoisotopic (exact) mass is 305 g/mol. The van der Waals surface area contributed by atoms with Crippen molar-refractivity contribution >= 4 is 27.3 Å². The van der Waals surface area contributed by atoms with Crippen molar-refractivity contribution < 1.29 is 13.2 Å². The Labute approximate surface area is 122 Å². The molecule has 2 aromatic carbocycles. The molecule has 0 saturated heterocycles. The lowest BCUT2D eigenvalue weighted by Crippen LogP contribution is -2.19. The zero-order chi connectivity index (χ0) is 15.5. The van der Waals surface area contributed by atoms with E-state index in [9.17, 15) is 13.2 Å². The molecule has 0 aromatic heterocycles. The first-order chi connectivity index (χ1) is 9.87. The molecule has 0 aliphatic heterocycles. The number of nitrogens with one attached hydrogen (secondary N) is 1. The molecule has 6 nitrogen and oxygen atoms in total. The molecule has 1 amide bonds. The van der Waals surface area contributed by atoms with E-state index in [0.29, 0.717) is 11.3 Å². The number of amides is 1. The number of primary amides is 1. The van der Waals surface area contributed by atoms with Crippen LogP contribution in [0.3, 0.4) is 0 Å². The number of anilines is 2. The van der Waals surface area contributed by atoms with Gasteiger partial charge in [0.25, 0.3) is 5.91 Å². The maximum Gasteiger partial charge on any atom is 0.250 e. The van der Waals surface area contributed by atoms with Crippen LogP contribution in [0.5, 0.6) is 0 Å². The Balaban J connectivity index is 2.24. The second-order valence-corrected chi connectivity index (χ2v) is 6.24. The number of hydrogen-bond acceptors (Lipinski definition) is 4. The van der Waals surface area contributed by atoms with Crippen molar-refractivity contribution in [2.45, 2.75) is 5.75 Å². The van der Waals surface area contributed by atoms with E-state index in [1.54, 1.807) is 36.4 Å². The molecule has 0 saturated carbocycles. The second kappa shape index (κ2) is 5.84. The SMILES string of the molecule is NC(=O)c1ccccc1NS(=O)(=O)Cc1cccc(N)c1. The number of nitrogens with two attached hydrogens (primary N) is 2. The third-order valence-corrected chi connectivity index (χ3v) is 4.01. The summed E-state index contributed by atoms with van der Waals surface area (Å²) in [5.41, 5.74) is 12.2. The van der Waals surface area contributed by atoms with Crippen LogP contribution in [0.4, 0.5) is 11.4 Å². The fraction of sp³-hybridized carbons (Fsp3) is 0.0714. The molecule has 0 aliphatic rings. The van der Waals surface area contributed by atoms with Crippen molar-refractivity contribution in [2.75, 3.05) is 10.5 Å². The van der Waals surface area contributed by atoms with Gasteiger partial charge in [-0.05, 0) is 29.8 Å². The average molecular weight is 305 g/mol. The standard InChI is InChI=1S/C14H15N3O3S/c15-11-5-3-4-10(8-11)9-21(19,20)17-13-7-2-1-6-12(13)14(16)18/h1-8,17H,9,15H2,(H2,16,18). The number of sulfonamides is 1. The fourth-order valence-electron chi connectivity index (χ4n) is 1.89. The molecular formula is C14H15N3O3S. The van der Waals surface area contributed by atoms with Crippen LogP contribution in [-0.2, 0) is 15.8 Å². The molecule has 0 fully saturated rings. The van der Waals surface area contributed by atoms with Gasteiger partial charge in [-0.2, -0.15) is 0 Å². The normalized spacial score (nSPS) is 11.0. The van der Waals surface area contributed by atoms with E-state index in [1.807, 2.05) is 0 Å². The summed E-state index contributed by atoms with van der Waals surface area (Å²) in [4.78, 5) is 11.3. The number of carbonyl (C=O) groups is 1. The van der Waals surface area contributed by atoms with Crippen molar-refractivity contribution in [2.24, 2.45) is 5.73 Å². The van der Waals surface area contributed by atoms with Crippen molar-refractivity contribution in [3.05, 3.63) is 59.7 Å². The lowest BCUT2D eigenvalue weighted by atomic mass is 10.2. The van der Waals surface area contributed by atoms with Crippen LogP contribution >= 0.6 is 0 Å². The molecule has 110 valence electrons. The van der Waals surface area contributed by atoms with Crippen LogP contribution < -0.4 is 16.2 Å². The number of rotatable bonds is 5. The van der Waals surface area contributed by atoms with Gasteiger partial charge in [-0.1, -0.05) is 24.3 Å². The van der Waals surface area contributed by atoms with Gasteiger partial charge in [0.2, 0.25) is 10.0 Å². The molecule has 2 rings (SSSR count). The second-order valence-electron chi connectivity index (χ2n) is 4.52. The molecule has 0 bridgehead atoms. The van der Waals surface area contributed by atoms with Crippen LogP contribution in [0.2, 0.25) is 0 Å². The highest BCUT2D eigenvalue weighted by molar-refractivity contribution is 7.91. The highest BCUT2D eigenvalue weighted by atomic mass is 32.2. The minimum atomic E-state index is -3.67. The van der Waals surface area contributed by atoms with Gasteiger partial charge in [0.05, 0.1) is 17.0 Å². The summed E-state index contributed by atoms with van der Waals surface area (Å²) in [7, 11) is -3.67. The summed E-state index contributed by atoms with van der Waals surface area (Å²) in [6.07, 6.45) is 0. The zero-order valence-corrected chi connectivity index (χ0v) is 11.9. The minimum absolute atomic E-state index is 0.119. The van der Waals surface area contributed by atoms with Gasteiger partial charge in [0, 0.05) is 5.69 Å². The predicted octanol–water partition coefficient (Wildman–Crippen LogP) is 1.31. The number of carbonyl (C=O) groups excluding carboxylic acids is 1. The van der Waals surface area contributed by atoms with Crippen molar-refractivity contribution in [3.8, 4) is 0 Å². The molecule has 0 spiro atoms. The topological polar surface area (TPSA) is 115 Å². The molecule has 5 N–H and O–H groups in total. The average Bonchev–Trinajstić information content (AvgIpc) is 2.37. The first-order valence-corrected chi connectivity index (χ1v) is 7.76. The summed E-state index contributed by atoms with van der Waals surface area (Å²) in [5.74, 6) is -0.942. The minimum Gasteiger partial charge on any atom is -0.399 e. The van der Waals surface area contributed by atoms with Gasteiger partial charge in [-0.3, -0.25) is 9.52 Å². The van der Waals surface area contributed by atoms with E-state index < -0.39 is 15.9 Å². The smallest absolute Gasteiger partial charge is 0.250 e. The van der Waals surface area contributed by atoms with E-state index in [-0.39, 0.29) is 17.0 Å². The molecule has 0 unspecified atom stereocenters.